The van der Waals surface area contributed by atoms with Gasteiger partial charge >= 0.3 is 0 Å². The lowest BCUT2D eigenvalue weighted by molar-refractivity contribution is -0.132. The number of carbonyl (C=O) groups is 1. The molecule has 2 saturated carbocycles. The lowest BCUT2D eigenvalue weighted by Gasteiger charge is -2.34. The van der Waals surface area contributed by atoms with Gasteiger partial charge in [0.2, 0.25) is 5.91 Å². The molecule has 3 aliphatic heterocycles. The van der Waals surface area contributed by atoms with Crippen molar-refractivity contribution in [3.8, 4) is 0 Å². The maximum atomic E-state index is 12.9. The van der Waals surface area contributed by atoms with E-state index < -0.39 is 0 Å². The average molecular weight is 361 g/mol. The second-order valence-corrected chi connectivity index (χ2v) is 10.2. The van der Waals surface area contributed by atoms with Gasteiger partial charge in [0, 0.05) is 42.9 Å². The largest absolute Gasteiger partial charge is 0.370 e. The number of carbonyl (C=O) groups excluding carboxylic acids is 1. The molecule has 146 valence electrons. The number of rotatable bonds is 4. The zero-order chi connectivity index (χ0) is 17.8. The molecule has 4 nitrogen and oxygen atoms in total. The number of nitrogens with one attached hydrogen (secondary N) is 1. The first kappa shape index (κ1) is 17.5. The highest BCUT2D eigenvalue weighted by Crippen LogP contribution is 2.55. The highest BCUT2D eigenvalue weighted by atomic mass is 16.5. The highest BCUT2D eigenvalue weighted by molar-refractivity contribution is 5.82. The molecular formula is C22H36N2O2. The first-order valence-corrected chi connectivity index (χ1v) is 11.3. The molecule has 4 atom stereocenters. The summed E-state index contributed by atoms with van der Waals surface area (Å²) < 4.78 is 6.60. The molecule has 2 bridgehead atoms. The van der Waals surface area contributed by atoms with Crippen LogP contribution in [-0.4, -0.2) is 48.2 Å². The van der Waals surface area contributed by atoms with Crippen LogP contribution in [0.4, 0.5) is 0 Å². The Kier molecular flexibility index (Phi) is 4.36. The Morgan fingerprint density at radius 3 is 2.62 bits per heavy atom. The molecule has 1 spiro atoms. The summed E-state index contributed by atoms with van der Waals surface area (Å²) in [6, 6.07) is 0.800. The van der Waals surface area contributed by atoms with E-state index in [0.717, 1.165) is 32.0 Å². The normalized spacial score (nSPS) is 42.3. The van der Waals surface area contributed by atoms with Crippen LogP contribution in [0.25, 0.3) is 0 Å². The van der Waals surface area contributed by atoms with E-state index in [1.54, 1.807) is 0 Å². The van der Waals surface area contributed by atoms with Crippen LogP contribution in [0.1, 0.15) is 77.6 Å². The third kappa shape index (κ3) is 2.74. The summed E-state index contributed by atoms with van der Waals surface area (Å²) in [5, 5.41) is 3.38. The van der Waals surface area contributed by atoms with E-state index in [9.17, 15) is 4.79 Å². The number of likely N-dealkylation sites (tertiary alicyclic amines) is 1. The molecule has 1 N–H and O–H groups in total. The SMILES string of the molecule is CC1(C(=O)NC[C@H]2[C@H]3CN(C4CCCC4)C[C@]34CC[C@H]2O4)CCCCC1. The minimum absolute atomic E-state index is 0.122. The first-order valence-electron chi connectivity index (χ1n) is 11.3. The number of amides is 1. The van der Waals surface area contributed by atoms with E-state index in [1.807, 2.05) is 0 Å². The average Bonchev–Trinajstić information content (AvgIpc) is 3.40. The van der Waals surface area contributed by atoms with Crippen molar-refractivity contribution in [3.63, 3.8) is 0 Å². The van der Waals surface area contributed by atoms with E-state index >= 15 is 0 Å². The summed E-state index contributed by atoms with van der Waals surface area (Å²) in [5.41, 5.74) is -0.00262. The fourth-order valence-corrected chi connectivity index (χ4v) is 7.03. The molecule has 0 aromatic carbocycles. The van der Waals surface area contributed by atoms with Crippen LogP contribution < -0.4 is 5.32 Å². The van der Waals surface area contributed by atoms with Gasteiger partial charge in [-0.2, -0.15) is 0 Å². The van der Waals surface area contributed by atoms with Crippen molar-refractivity contribution in [2.45, 2.75) is 95.3 Å². The second kappa shape index (κ2) is 6.48. The van der Waals surface area contributed by atoms with Gasteiger partial charge in [-0.25, -0.2) is 0 Å². The molecule has 5 fully saturated rings. The molecule has 4 heteroatoms. The fourth-order valence-electron chi connectivity index (χ4n) is 7.03. The topological polar surface area (TPSA) is 41.6 Å². The van der Waals surface area contributed by atoms with Crippen LogP contribution in [-0.2, 0) is 9.53 Å². The number of hydrogen-bond acceptors (Lipinski definition) is 3. The summed E-state index contributed by atoms with van der Waals surface area (Å²) in [5.74, 6) is 1.48. The quantitative estimate of drug-likeness (QED) is 0.834. The van der Waals surface area contributed by atoms with Crippen LogP contribution in [0.3, 0.4) is 0 Å². The Morgan fingerprint density at radius 1 is 1.08 bits per heavy atom. The van der Waals surface area contributed by atoms with E-state index in [-0.39, 0.29) is 11.0 Å². The molecule has 5 aliphatic rings. The van der Waals surface area contributed by atoms with Gasteiger partial charge in [0.1, 0.15) is 0 Å². The van der Waals surface area contributed by atoms with Crippen LogP contribution in [0, 0.1) is 17.3 Å². The van der Waals surface area contributed by atoms with Gasteiger partial charge in [-0.3, -0.25) is 9.69 Å². The van der Waals surface area contributed by atoms with Gasteiger partial charge < -0.3 is 10.1 Å². The summed E-state index contributed by atoms with van der Waals surface area (Å²) in [7, 11) is 0. The van der Waals surface area contributed by atoms with E-state index in [4.69, 9.17) is 4.74 Å². The zero-order valence-electron chi connectivity index (χ0n) is 16.5. The third-order valence-corrected chi connectivity index (χ3v) is 8.65. The summed E-state index contributed by atoms with van der Waals surface area (Å²) in [6.45, 7) is 5.38. The maximum absolute atomic E-state index is 12.9. The number of fused-ring (bicyclic) bond motifs is 1. The molecule has 3 heterocycles. The molecular weight excluding hydrogens is 324 g/mol. The molecule has 0 radical (unpaired) electrons. The second-order valence-electron chi connectivity index (χ2n) is 10.2. The van der Waals surface area contributed by atoms with Gasteiger partial charge in [0.25, 0.3) is 0 Å². The lowest BCUT2D eigenvalue weighted by atomic mass is 9.73. The van der Waals surface area contributed by atoms with Crippen LogP contribution in [0.15, 0.2) is 0 Å². The standard InChI is InChI=1S/C22H36N2O2/c1-21(10-5-2-6-11-21)20(25)23-13-17-18-14-24(16-7-3-4-8-16)15-22(18)12-9-19(17)26-22/h16-19H,2-15H2,1H3,(H,23,25)/t17-,18+,19+,22+/m0/s1. The minimum atomic E-state index is -0.125. The Balaban J connectivity index is 1.23. The van der Waals surface area contributed by atoms with Crippen molar-refractivity contribution >= 4 is 5.91 Å². The van der Waals surface area contributed by atoms with Crippen molar-refractivity contribution in [3.05, 3.63) is 0 Å². The number of hydrogen-bond donors (Lipinski definition) is 1. The maximum Gasteiger partial charge on any atom is 0.225 e. The molecule has 3 saturated heterocycles. The Bertz CT molecular complexity index is 552. The fraction of sp³-hybridized carbons (Fsp3) is 0.955. The van der Waals surface area contributed by atoms with Crippen molar-refractivity contribution in [1.29, 1.82) is 0 Å². The molecule has 0 aromatic rings. The first-order chi connectivity index (χ1) is 12.6. The smallest absolute Gasteiger partial charge is 0.225 e. The third-order valence-electron chi connectivity index (χ3n) is 8.65. The van der Waals surface area contributed by atoms with E-state index in [2.05, 4.69) is 17.1 Å². The summed E-state index contributed by atoms with van der Waals surface area (Å²) in [4.78, 5) is 15.6. The Hall–Kier alpha value is -0.610. The molecule has 0 unspecified atom stereocenters. The molecule has 2 aliphatic carbocycles. The predicted octanol–water partition coefficient (Wildman–Crippen LogP) is 3.50. The van der Waals surface area contributed by atoms with Gasteiger partial charge in [-0.05, 0) is 38.5 Å². The summed E-state index contributed by atoms with van der Waals surface area (Å²) >= 11 is 0. The van der Waals surface area contributed by atoms with Crippen molar-refractivity contribution in [1.82, 2.24) is 10.2 Å². The van der Waals surface area contributed by atoms with Gasteiger partial charge in [0.05, 0.1) is 11.7 Å². The number of nitrogens with zero attached hydrogens (tertiary/aromatic N) is 1. The Labute approximate surface area is 158 Å². The zero-order valence-corrected chi connectivity index (χ0v) is 16.5. The van der Waals surface area contributed by atoms with E-state index in [1.165, 1.54) is 64.3 Å². The van der Waals surface area contributed by atoms with Crippen LogP contribution >= 0.6 is 0 Å². The molecule has 1 amide bonds. The van der Waals surface area contributed by atoms with Gasteiger partial charge in [-0.15, -0.1) is 0 Å². The van der Waals surface area contributed by atoms with Crippen LogP contribution in [0.5, 0.6) is 0 Å². The highest BCUT2D eigenvalue weighted by Gasteiger charge is 2.63. The summed E-state index contributed by atoms with van der Waals surface area (Å²) in [6.07, 6.45) is 14.2. The molecule has 5 rings (SSSR count). The van der Waals surface area contributed by atoms with Crippen LogP contribution in [0.2, 0.25) is 0 Å². The lowest BCUT2D eigenvalue weighted by Crippen LogP contribution is -2.46. The number of ether oxygens (including phenoxy) is 1. The van der Waals surface area contributed by atoms with E-state index in [0.29, 0.717) is 23.8 Å². The Morgan fingerprint density at radius 2 is 1.85 bits per heavy atom. The minimum Gasteiger partial charge on any atom is -0.370 e. The van der Waals surface area contributed by atoms with Crippen molar-refractivity contribution < 1.29 is 9.53 Å². The molecule has 26 heavy (non-hydrogen) atoms. The van der Waals surface area contributed by atoms with Crippen molar-refractivity contribution in [2.24, 2.45) is 17.3 Å². The monoisotopic (exact) mass is 360 g/mol. The predicted molar refractivity (Wildman–Crippen MR) is 102 cm³/mol. The van der Waals surface area contributed by atoms with Crippen molar-refractivity contribution in [2.75, 3.05) is 19.6 Å². The van der Waals surface area contributed by atoms with Gasteiger partial charge in [0.15, 0.2) is 0 Å². The molecule has 0 aromatic heterocycles. The van der Waals surface area contributed by atoms with Gasteiger partial charge in [-0.1, -0.05) is 39.0 Å².